The molecule has 4 rings (SSSR count). The molecular weight excluding hydrogens is 410 g/mol. The summed E-state index contributed by atoms with van der Waals surface area (Å²) < 4.78 is 7.61. The predicted octanol–water partition coefficient (Wildman–Crippen LogP) is 3.39. The number of carbonyl (C=O) groups is 1. The Morgan fingerprint density at radius 2 is 2.16 bits per heavy atom. The number of carboxylic acid groups (broad SMARTS) is 1. The highest BCUT2D eigenvalue weighted by molar-refractivity contribution is 5.71. The van der Waals surface area contributed by atoms with E-state index >= 15 is 0 Å². The summed E-state index contributed by atoms with van der Waals surface area (Å²) in [6, 6.07) is 5.54. The summed E-state index contributed by atoms with van der Waals surface area (Å²) in [7, 11) is 1.79. The predicted molar refractivity (Wildman–Crippen MR) is 118 cm³/mol. The van der Waals surface area contributed by atoms with Gasteiger partial charge in [0, 0.05) is 18.9 Å². The number of hydrogen-bond acceptors (Lipinski definition) is 8. The first-order valence-electron chi connectivity index (χ1n) is 10.9. The fourth-order valence-electron chi connectivity index (χ4n) is 3.89. The number of aryl methyl sites for hydroxylation is 2. The fourth-order valence-corrected chi connectivity index (χ4v) is 3.89. The lowest BCUT2D eigenvalue weighted by molar-refractivity contribution is -0.143. The van der Waals surface area contributed by atoms with Gasteiger partial charge in [-0.05, 0) is 50.3 Å². The number of nitrogens with one attached hydrogen (secondary N) is 1. The zero-order chi connectivity index (χ0) is 22.5. The van der Waals surface area contributed by atoms with E-state index in [-0.39, 0.29) is 12.0 Å². The second kappa shape index (κ2) is 9.71. The minimum absolute atomic E-state index is 0.112. The Morgan fingerprint density at radius 1 is 1.28 bits per heavy atom. The summed E-state index contributed by atoms with van der Waals surface area (Å²) in [5.41, 5.74) is 2.17. The number of nitrogens with zero attached hydrogens (tertiary/aromatic N) is 6. The Kier molecular flexibility index (Phi) is 6.58. The summed E-state index contributed by atoms with van der Waals surface area (Å²) in [5.74, 6) is 0.633. The van der Waals surface area contributed by atoms with Gasteiger partial charge in [-0.1, -0.05) is 18.6 Å². The monoisotopic (exact) mass is 437 g/mol. The minimum Gasteiger partial charge on any atom is -0.489 e. The van der Waals surface area contributed by atoms with Gasteiger partial charge in [-0.3, -0.25) is 9.78 Å². The van der Waals surface area contributed by atoms with Gasteiger partial charge < -0.3 is 15.2 Å². The molecule has 3 aromatic rings. The minimum atomic E-state index is -0.751. The summed E-state index contributed by atoms with van der Waals surface area (Å²) in [6.07, 6.45) is 8.07. The van der Waals surface area contributed by atoms with E-state index in [0.29, 0.717) is 41.7 Å². The van der Waals surface area contributed by atoms with Crippen molar-refractivity contribution >= 4 is 17.7 Å². The molecule has 0 spiro atoms. The number of rotatable bonds is 8. The van der Waals surface area contributed by atoms with Crippen LogP contribution in [0.3, 0.4) is 0 Å². The van der Waals surface area contributed by atoms with E-state index in [4.69, 9.17) is 4.74 Å². The van der Waals surface area contributed by atoms with E-state index in [0.717, 1.165) is 31.4 Å². The average Bonchev–Trinajstić information content (AvgIpc) is 3.15. The van der Waals surface area contributed by atoms with Crippen molar-refractivity contribution in [1.29, 1.82) is 0 Å². The topological polar surface area (TPSA) is 128 Å². The Bertz CT molecular complexity index is 1070. The van der Waals surface area contributed by atoms with Crippen molar-refractivity contribution in [2.45, 2.75) is 51.6 Å². The van der Waals surface area contributed by atoms with Gasteiger partial charge in [-0.2, -0.15) is 0 Å². The maximum Gasteiger partial charge on any atom is 0.306 e. The number of ether oxygens (including phenoxy) is 1. The third-order valence-electron chi connectivity index (χ3n) is 5.53. The van der Waals surface area contributed by atoms with Crippen molar-refractivity contribution in [1.82, 2.24) is 29.9 Å². The number of aromatic nitrogens is 6. The molecule has 32 heavy (non-hydrogen) atoms. The molecule has 0 aliphatic heterocycles. The first-order chi connectivity index (χ1) is 15.5. The number of hydrogen-bond donors (Lipinski definition) is 2. The molecule has 2 N–H and O–H groups in total. The molecule has 1 saturated carbocycles. The Balaban J connectivity index is 1.48. The lowest BCUT2D eigenvalue weighted by atomic mass is 9.87. The molecule has 10 heteroatoms. The van der Waals surface area contributed by atoms with Crippen molar-refractivity contribution in [3.05, 3.63) is 36.3 Å². The van der Waals surface area contributed by atoms with Crippen molar-refractivity contribution in [2.24, 2.45) is 13.0 Å². The lowest BCUT2D eigenvalue weighted by Crippen LogP contribution is -2.29. The van der Waals surface area contributed by atoms with Gasteiger partial charge in [-0.15, -0.1) is 5.10 Å². The maximum absolute atomic E-state index is 11.3. The molecule has 10 nitrogen and oxygen atoms in total. The second-order valence-electron chi connectivity index (χ2n) is 7.98. The normalized spacial score (nSPS) is 18.3. The molecule has 1 unspecified atom stereocenters. The molecule has 1 aliphatic rings. The van der Waals surface area contributed by atoms with Crippen molar-refractivity contribution in [3.63, 3.8) is 0 Å². The number of aliphatic carboxylic acids is 1. The zero-order valence-electron chi connectivity index (χ0n) is 18.2. The summed E-state index contributed by atoms with van der Waals surface area (Å²) in [5, 5.41) is 20.8. The Morgan fingerprint density at radius 3 is 2.91 bits per heavy atom. The first kappa shape index (κ1) is 21.7. The van der Waals surface area contributed by atoms with E-state index in [9.17, 15) is 9.90 Å². The van der Waals surface area contributed by atoms with Crippen LogP contribution in [0.2, 0.25) is 0 Å². The van der Waals surface area contributed by atoms with Crippen LogP contribution in [0.5, 0.6) is 5.75 Å². The van der Waals surface area contributed by atoms with Gasteiger partial charge in [0.15, 0.2) is 11.5 Å². The van der Waals surface area contributed by atoms with Crippen LogP contribution in [0.15, 0.2) is 30.6 Å². The van der Waals surface area contributed by atoms with E-state index in [2.05, 4.69) is 37.5 Å². The molecule has 2 atom stereocenters. The van der Waals surface area contributed by atoms with Crippen LogP contribution in [0.25, 0.3) is 11.4 Å². The van der Waals surface area contributed by atoms with Crippen molar-refractivity contribution < 1.29 is 14.6 Å². The molecule has 0 aromatic carbocycles. The molecule has 0 saturated heterocycles. The Hall–Kier alpha value is -3.56. The lowest BCUT2D eigenvalue weighted by Gasteiger charge is -2.27. The Labute approximate surface area is 186 Å². The smallest absolute Gasteiger partial charge is 0.306 e. The number of anilines is 2. The SMILES string of the molecule is CCCc1ccnc(Nc2c(-c3ccc(O[C@H]4CCCC(C(=O)O)C4)cn3)nnn2C)n1. The van der Waals surface area contributed by atoms with Gasteiger partial charge in [0.1, 0.15) is 5.75 Å². The van der Waals surface area contributed by atoms with E-state index < -0.39 is 5.97 Å². The highest BCUT2D eigenvalue weighted by Gasteiger charge is 2.28. The molecule has 3 heterocycles. The molecule has 1 fully saturated rings. The second-order valence-corrected chi connectivity index (χ2v) is 7.98. The van der Waals surface area contributed by atoms with Gasteiger partial charge in [0.2, 0.25) is 5.95 Å². The molecule has 3 aromatic heterocycles. The van der Waals surface area contributed by atoms with Gasteiger partial charge in [0.05, 0.1) is 23.9 Å². The van der Waals surface area contributed by atoms with E-state index in [1.54, 1.807) is 24.1 Å². The molecule has 1 aliphatic carbocycles. The van der Waals surface area contributed by atoms with Crippen molar-refractivity contribution in [3.8, 4) is 17.1 Å². The third kappa shape index (κ3) is 5.01. The first-order valence-corrected chi connectivity index (χ1v) is 10.9. The van der Waals surface area contributed by atoms with E-state index in [1.165, 1.54) is 0 Å². The highest BCUT2D eigenvalue weighted by Crippen LogP contribution is 2.30. The van der Waals surface area contributed by atoms with Crippen LogP contribution in [-0.2, 0) is 18.3 Å². The maximum atomic E-state index is 11.3. The van der Waals surface area contributed by atoms with E-state index in [1.807, 2.05) is 18.2 Å². The molecule has 0 bridgehead atoms. The van der Waals surface area contributed by atoms with Crippen LogP contribution >= 0.6 is 0 Å². The van der Waals surface area contributed by atoms with Crippen LogP contribution in [0.1, 0.15) is 44.7 Å². The van der Waals surface area contributed by atoms with Crippen LogP contribution < -0.4 is 10.1 Å². The van der Waals surface area contributed by atoms with Gasteiger partial charge in [-0.25, -0.2) is 14.6 Å². The van der Waals surface area contributed by atoms with Gasteiger partial charge >= 0.3 is 5.97 Å². The quantitative estimate of drug-likeness (QED) is 0.545. The zero-order valence-corrected chi connectivity index (χ0v) is 18.2. The van der Waals surface area contributed by atoms with Crippen LogP contribution in [0.4, 0.5) is 11.8 Å². The molecule has 168 valence electrons. The summed E-state index contributed by atoms with van der Waals surface area (Å²) in [4.78, 5) is 24.6. The largest absolute Gasteiger partial charge is 0.489 e. The highest BCUT2D eigenvalue weighted by atomic mass is 16.5. The molecule has 0 radical (unpaired) electrons. The average molecular weight is 438 g/mol. The van der Waals surface area contributed by atoms with Crippen molar-refractivity contribution in [2.75, 3.05) is 5.32 Å². The number of carboxylic acids is 1. The fraction of sp³-hybridized carbons (Fsp3) is 0.455. The molecule has 0 amide bonds. The summed E-state index contributed by atoms with van der Waals surface area (Å²) in [6.45, 7) is 2.11. The van der Waals surface area contributed by atoms with Gasteiger partial charge in [0.25, 0.3) is 0 Å². The van der Waals surface area contributed by atoms with Crippen LogP contribution in [-0.4, -0.2) is 47.1 Å². The standard InChI is InChI=1S/C22H27N7O3/c1-3-5-15-10-11-23-22(25-15)26-20-19(27-28-29(20)2)18-9-8-17(13-24-18)32-16-7-4-6-14(12-16)21(30)31/h8-11,13-14,16H,3-7,12H2,1-2H3,(H,30,31)(H,23,25,26)/t14?,16-/m0/s1. The molecular formula is C22H27N7O3. The van der Waals surface area contributed by atoms with Crippen LogP contribution in [0, 0.1) is 5.92 Å². The summed E-state index contributed by atoms with van der Waals surface area (Å²) >= 11 is 0. The third-order valence-corrected chi connectivity index (χ3v) is 5.53. The number of pyridine rings is 1.